The Morgan fingerprint density at radius 3 is 2.29 bits per heavy atom. The molecule has 3 amide bonds. The lowest BCUT2D eigenvalue weighted by Gasteiger charge is -2.16. The molecule has 3 aromatic carbocycles. The summed E-state index contributed by atoms with van der Waals surface area (Å²) in [5, 5.41) is 2.86. The van der Waals surface area contributed by atoms with E-state index < -0.39 is 17.6 Å². The van der Waals surface area contributed by atoms with Crippen molar-refractivity contribution in [3.05, 3.63) is 101 Å². The zero-order valence-corrected chi connectivity index (χ0v) is 18.9. The fourth-order valence-corrected chi connectivity index (χ4v) is 4.09. The lowest BCUT2D eigenvalue weighted by Crippen LogP contribution is -2.29. The molecule has 0 spiro atoms. The molecule has 1 aromatic heterocycles. The van der Waals surface area contributed by atoms with Crippen LogP contribution < -0.4 is 10.2 Å². The van der Waals surface area contributed by atoms with E-state index in [4.69, 9.17) is 16.0 Å². The van der Waals surface area contributed by atoms with Gasteiger partial charge in [0.25, 0.3) is 11.8 Å². The molecule has 1 N–H and O–H groups in total. The smallest absolute Gasteiger partial charge is 0.266 e. The number of aryl methyl sites for hydroxylation is 1. The molecule has 1 aliphatic rings. The molecule has 0 aliphatic carbocycles. The predicted octanol–water partition coefficient (Wildman–Crippen LogP) is 5.51. The van der Waals surface area contributed by atoms with Crippen molar-refractivity contribution >= 4 is 40.7 Å². The van der Waals surface area contributed by atoms with Gasteiger partial charge in [0.15, 0.2) is 11.7 Å². The molecule has 0 saturated heterocycles. The van der Waals surface area contributed by atoms with Crippen LogP contribution in [0.25, 0.3) is 11.3 Å². The minimum atomic E-state index is -0.454. The van der Waals surface area contributed by atoms with E-state index in [1.807, 2.05) is 0 Å². The Morgan fingerprint density at radius 1 is 0.971 bits per heavy atom. The van der Waals surface area contributed by atoms with Crippen LogP contribution in [0.4, 0.5) is 15.8 Å². The highest BCUT2D eigenvalue weighted by Gasteiger charge is 2.37. The number of oxazole rings is 1. The lowest BCUT2D eigenvalue weighted by atomic mass is 10.1. The molecular weight excluding hydrogens is 473 g/mol. The highest BCUT2D eigenvalue weighted by Crippen LogP contribution is 2.35. The summed E-state index contributed by atoms with van der Waals surface area (Å²) in [5.41, 5.74) is 1.56. The first-order valence-corrected chi connectivity index (χ1v) is 11.1. The van der Waals surface area contributed by atoms with E-state index in [2.05, 4.69) is 10.3 Å². The minimum absolute atomic E-state index is 0.0645. The second-order valence-corrected chi connectivity index (χ2v) is 8.21. The van der Waals surface area contributed by atoms with E-state index in [0.717, 1.165) is 4.90 Å². The van der Waals surface area contributed by atoms with Crippen LogP contribution in [0.3, 0.4) is 0 Å². The molecule has 7 nitrogen and oxygen atoms in total. The zero-order valence-electron chi connectivity index (χ0n) is 18.1. The van der Waals surface area contributed by atoms with Gasteiger partial charge in [-0.1, -0.05) is 35.9 Å². The monoisotopic (exact) mass is 489 g/mol. The van der Waals surface area contributed by atoms with Gasteiger partial charge in [0, 0.05) is 18.5 Å². The van der Waals surface area contributed by atoms with Crippen LogP contribution in [0.15, 0.2) is 77.3 Å². The predicted molar refractivity (Wildman–Crippen MR) is 128 cm³/mol. The van der Waals surface area contributed by atoms with Gasteiger partial charge in [0.05, 0.1) is 33.6 Å². The second kappa shape index (κ2) is 9.15. The molecule has 35 heavy (non-hydrogen) atoms. The van der Waals surface area contributed by atoms with E-state index in [0.29, 0.717) is 28.3 Å². The van der Waals surface area contributed by atoms with Crippen molar-refractivity contribution in [3.8, 4) is 11.3 Å². The van der Waals surface area contributed by atoms with Crippen LogP contribution in [0.1, 0.15) is 33.0 Å². The molecule has 0 bridgehead atoms. The number of hydrogen-bond acceptors (Lipinski definition) is 5. The highest BCUT2D eigenvalue weighted by molar-refractivity contribution is 6.40. The van der Waals surface area contributed by atoms with Gasteiger partial charge in [-0.15, -0.1) is 0 Å². The van der Waals surface area contributed by atoms with Gasteiger partial charge in [-0.3, -0.25) is 14.4 Å². The van der Waals surface area contributed by atoms with Crippen molar-refractivity contribution in [3.63, 3.8) is 0 Å². The van der Waals surface area contributed by atoms with Crippen molar-refractivity contribution in [2.24, 2.45) is 0 Å². The van der Waals surface area contributed by atoms with Crippen molar-refractivity contribution in [1.82, 2.24) is 4.98 Å². The fraction of sp³-hybridized carbons (Fsp3) is 0.0769. The maximum atomic E-state index is 13.9. The van der Waals surface area contributed by atoms with Crippen molar-refractivity contribution < 1.29 is 23.2 Å². The first-order chi connectivity index (χ1) is 16.9. The van der Waals surface area contributed by atoms with Gasteiger partial charge in [0.1, 0.15) is 5.82 Å². The molecule has 174 valence electrons. The SMILES string of the molecule is O=C(CCc1ncc(-c2ccccc2F)o1)Nc1ccc(N2C(=O)c3ccccc3C2=O)c(Cl)c1. The van der Waals surface area contributed by atoms with Crippen LogP contribution in [0.2, 0.25) is 5.02 Å². The normalized spacial score (nSPS) is 12.7. The molecule has 0 saturated carbocycles. The van der Waals surface area contributed by atoms with Gasteiger partial charge in [-0.2, -0.15) is 0 Å². The number of halogens is 2. The topological polar surface area (TPSA) is 92.5 Å². The number of fused-ring (bicyclic) bond motifs is 1. The van der Waals surface area contributed by atoms with E-state index >= 15 is 0 Å². The summed E-state index contributed by atoms with van der Waals surface area (Å²) < 4.78 is 19.5. The number of anilines is 2. The Labute approximate surface area is 204 Å². The standard InChI is InChI=1S/C26H17ClFN3O4/c27-19-13-15(9-10-21(19)31-25(33)16-5-1-2-6-17(16)26(31)34)30-23(32)11-12-24-29-14-22(35-24)18-7-3-4-8-20(18)28/h1-10,13-14H,11-12H2,(H,30,32). The number of nitrogens with zero attached hydrogens (tertiary/aromatic N) is 2. The third-order valence-electron chi connectivity index (χ3n) is 5.53. The highest BCUT2D eigenvalue weighted by atomic mass is 35.5. The molecular formula is C26H17ClFN3O4. The van der Waals surface area contributed by atoms with Crippen LogP contribution >= 0.6 is 11.6 Å². The Morgan fingerprint density at radius 2 is 1.63 bits per heavy atom. The van der Waals surface area contributed by atoms with Gasteiger partial charge >= 0.3 is 0 Å². The van der Waals surface area contributed by atoms with Crippen LogP contribution in [0, 0.1) is 5.82 Å². The van der Waals surface area contributed by atoms with E-state index in [1.54, 1.807) is 48.5 Å². The first-order valence-electron chi connectivity index (χ1n) is 10.7. The largest absolute Gasteiger partial charge is 0.441 e. The third-order valence-corrected chi connectivity index (χ3v) is 5.83. The molecule has 0 radical (unpaired) electrons. The Balaban J connectivity index is 1.23. The number of benzene rings is 3. The van der Waals surface area contributed by atoms with Gasteiger partial charge in [-0.05, 0) is 42.5 Å². The maximum Gasteiger partial charge on any atom is 0.266 e. The lowest BCUT2D eigenvalue weighted by molar-refractivity contribution is -0.116. The number of carbonyl (C=O) groups is 3. The molecule has 1 aliphatic heterocycles. The van der Waals surface area contributed by atoms with E-state index in [-0.39, 0.29) is 35.2 Å². The minimum Gasteiger partial charge on any atom is -0.441 e. The van der Waals surface area contributed by atoms with Crippen molar-refractivity contribution in [2.45, 2.75) is 12.8 Å². The van der Waals surface area contributed by atoms with Crippen molar-refractivity contribution in [2.75, 3.05) is 10.2 Å². The van der Waals surface area contributed by atoms with Crippen LogP contribution in [0.5, 0.6) is 0 Å². The maximum absolute atomic E-state index is 13.9. The summed E-state index contributed by atoms with van der Waals surface area (Å²) in [6.07, 6.45) is 1.69. The van der Waals surface area contributed by atoms with Crippen LogP contribution in [-0.4, -0.2) is 22.7 Å². The Bertz CT molecular complexity index is 1450. The number of imide groups is 1. The fourth-order valence-electron chi connectivity index (χ4n) is 3.83. The van der Waals surface area contributed by atoms with Crippen LogP contribution in [-0.2, 0) is 11.2 Å². The molecule has 9 heteroatoms. The van der Waals surface area contributed by atoms with Gasteiger partial charge in [0.2, 0.25) is 5.91 Å². The molecule has 5 rings (SSSR count). The molecule has 2 heterocycles. The average molecular weight is 490 g/mol. The molecule has 0 fully saturated rings. The summed E-state index contributed by atoms with van der Waals surface area (Å²) in [4.78, 5) is 42.9. The molecule has 4 aromatic rings. The second-order valence-electron chi connectivity index (χ2n) is 7.80. The molecule has 0 unspecified atom stereocenters. The van der Waals surface area contributed by atoms with Gasteiger partial charge in [-0.25, -0.2) is 14.3 Å². The summed E-state index contributed by atoms with van der Waals surface area (Å²) >= 11 is 6.36. The van der Waals surface area contributed by atoms with Crippen molar-refractivity contribution in [1.29, 1.82) is 0 Å². The summed E-state index contributed by atoms with van der Waals surface area (Å²) in [6.45, 7) is 0. The zero-order chi connectivity index (χ0) is 24.5. The summed E-state index contributed by atoms with van der Waals surface area (Å²) in [6, 6.07) is 17.3. The number of rotatable bonds is 6. The summed E-state index contributed by atoms with van der Waals surface area (Å²) in [7, 11) is 0. The van der Waals surface area contributed by atoms with E-state index in [9.17, 15) is 18.8 Å². The number of hydrogen-bond donors (Lipinski definition) is 1. The summed E-state index contributed by atoms with van der Waals surface area (Å²) in [5.74, 6) is -1.06. The Hall–Kier alpha value is -4.30. The number of amides is 3. The Kier molecular flexibility index (Phi) is 5.88. The number of aromatic nitrogens is 1. The van der Waals surface area contributed by atoms with E-state index in [1.165, 1.54) is 24.4 Å². The third kappa shape index (κ3) is 4.31. The quantitative estimate of drug-likeness (QED) is 0.361. The van der Waals surface area contributed by atoms with Gasteiger partial charge < -0.3 is 9.73 Å². The number of nitrogens with one attached hydrogen (secondary N) is 1. The number of carbonyl (C=O) groups excluding carboxylic acids is 3. The molecule has 0 atom stereocenters. The average Bonchev–Trinajstić information content (AvgIpc) is 3.42. The first kappa shape index (κ1) is 22.5.